The van der Waals surface area contributed by atoms with E-state index in [0.717, 1.165) is 18.4 Å². The predicted octanol–water partition coefficient (Wildman–Crippen LogP) is 3.25. The summed E-state index contributed by atoms with van der Waals surface area (Å²) in [7, 11) is 0. The number of hydrogen-bond acceptors (Lipinski definition) is 2. The van der Waals surface area contributed by atoms with Crippen molar-refractivity contribution in [3.05, 3.63) is 66.2 Å². The minimum Gasteiger partial charge on any atom is -0.371 e. The highest BCUT2D eigenvalue weighted by molar-refractivity contribution is 5.47. The summed E-state index contributed by atoms with van der Waals surface area (Å²) in [5.74, 6) is 1.68. The number of para-hydroxylation sites is 1. The molecule has 0 saturated carbocycles. The molecule has 0 radical (unpaired) electrons. The highest BCUT2D eigenvalue weighted by Crippen LogP contribution is 2.34. The average Bonchev–Trinajstić information content (AvgIpc) is 3.07. The van der Waals surface area contributed by atoms with E-state index in [1.54, 1.807) is 0 Å². The lowest BCUT2D eigenvalue weighted by Gasteiger charge is -2.23. The topological polar surface area (TPSA) is 6.48 Å². The van der Waals surface area contributed by atoms with Gasteiger partial charge in [-0.1, -0.05) is 48.5 Å². The van der Waals surface area contributed by atoms with Crippen LogP contribution in [0.1, 0.15) is 5.56 Å². The fourth-order valence-electron chi connectivity index (χ4n) is 3.91. The third kappa shape index (κ3) is 2.68. The Labute approximate surface area is 127 Å². The van der Waals surface area contributed by atoms with Crippen LogP contribution < -0.4 is 4.90 Å². The van der Waals surface area contributed by atoms with Gasteiger partial charge in [0.15, 0.2) is 0 Å². The van der Waals surface area contributed by atoms with Crippen molar-refractivity contribution in [3.63, 3.8) is 0 Å². The molecule has 2 unspecified atom stereocenters. The van der Waals surface area contributed by atoms with Crippen LogP contribution in [0.3, 0.4) is 0 Å². The van der Waals surface area contributed by atoms with E-state index in [1.165, 1.54) is 37.4 Å². The van der Waals surface area contributed by atoms with Gasteiger partial charge in [0.25, 0.3) is 0 Å². The molecule has 2 heterocycles. The highest BCUT2D eigenvalue weighted by atomic mass is 15.2. The molecule has 0 spiro atoms. The molecule has 0 N–H and O–H groups in total. The molecular formula is C19H22N2. The number of likely N-dealkylation sites (tertiary alicyclic amines) is 1. The van der Waals surface area contributed by atoms with E-state index < -0.39 is 0 Å². The Morgan fingerprint density at radius 1 is 0.714 bits per heavy atom. The molecule has 2 aromatic rings. The summed E-state index contributed by atoms with van der Waals surface area (Å²) in [6.07, 6.45) is 0. The van der Waals surface area contributed by atoms with Gasteiger partial charge in [-0.15, -0.1) is 0 Å². The largest absolute Gasteiger partial charge is 0.371 e. The molecule has 0 aliphatic carbocycles. The first-order valence-electron chi connectivity index (χ1n) is 7.95. The van der Waals surface area contributed by atoms with Gasteiger partial charge in [-0.3, -0.25) is 4.90 Å². The number of fused-ring (bicyclic) bond motifs is 1. The Morgan fingerprint density at radius 3 is 1.90 bits per heavy atom. The van der Waals surface area contributed by atoms with Gasteiger partial charge in [0.1, 0.15) is 0 Å². The molecule has 0 amide bonds. The van der Waals surface area contributed by atoms with Crippen molar-refractivity contribution in [2.24, 2.45) is 11.8 Å². The van der Waals surface area contributed by atoms with E-state index in [1.807, 2.05) is 0 Å². The normalized spacial score (nSPS) is 25.2. The number of benzene rings is 2. The molecule has 0 bridgehead atoms. The van der Waals surface area contributed by atoms with Crippen molar-refractivity contribution in [2.45, 2.75) is 6.54 Å². The van der Waals surface area contributed by atoms with Gasteiger partial charge < -0.3 is 4.90 Å². The van der Waals surface area contributed by atoms with Gasteiger partial charge >= 0.3 is 0 Å². The number of nitrogens with zero attached hydrogens (tertiary/aromatic N) is 2. The van der Waals surface area contributed by atoms with Crippen LogP contribution in [0.2, 0.25) is 0 Å². The fourth-order valence-corrected chi connectivity index (χ4v) is 3.91. The van der Waals surface area contributed by atoms with Crippen LogP contribution in [0.4, 0.5) is 5.69 Å². The monoisotopic (exact) mass is 278 g/mol. The Morgan fingerprint density at radius 2 is 1.29 bits per heavy atom. The Kier molecular flexibility index (Phi) is 3.40. The number of hydrogen-bond donors (Lipinski definition) is 0. The molecule has 2 nitrogen and oxygen atoms in total. The quantitative estimate of drug-likeness (QED) is 0.850. The molecule has 2 saturated heterocycles. The van der Waals surface area contributed by atoms with Crippen molar-refractivity contribution in [2.75, 3.05) is 31.1 Å². The SMILES string of the molecule is c1ccc(CN2CC3CN(c4ccccc4)CC3C2)cc1. The zero-order valence-electron chi connectivity index (χ0n) is 12.4. The third-order valence-corrected chi connectivity index (χ3v) is 4.93. The van der Waals surface area contributed by atoms with Gasteiger partial charge in [-0.05, 0) is 29.5 Å². The van der Waals surface area contributed by atoms with Crippen molar-refractivity contribution in [3.8, 4) is 0 Å². The van der Waals surface area contributed by atoms with Crippen LogP contribution in [0, 0.1) is 11.8 Å². The molecule has 2 aliphatic heterocycles. The maximum absolute atomic E-state index is 2.63. The zero-order valence-corrected chi connectivity index (χ0v) is 12.4. The van der Waals surface area contributed by atoms with Crippen molar-refractivity contribution < 1.29 is 0 Å². The van der Waals surface area contributed by atoms with Crippen LogP contribution >= 0.6 is 0 Å². The summed E-state index contributed by atoms with van der Waals surface area (Å²) >= 11 is 0. The Bertz CT molecular complexity index is 567. The second-order valence-electron chi connectivity index (χ2n) is 6.44. The van der Waals surface area contributed by atoms with E-state index >= 15 is 0 Å². The summed E-state index contributed by atoms with van der Waals surface area (Å²) in [5, 5.41) is 0. The molecular weight excluding hydrogens is 256 g/mol. The lowest BCUT2D eigenvalue weighted by Crippen LogP contribution is -2.28. The van der Waals surface area contributed by atoms with Crippen molar-refractivity contribution >= 4 is 5.69 Å². The maximum Gasteiger partial charge on any atom is 0.0366 e. The summed E-state index contributed by atoms with van der Waals surface area (Å²) in [4.78, 5) is 5.20. The second-order valence-corrected chi connectivity index (χ2v) is 6.44. The number of rotatable bonds is 3. The van der Waals surface area contributed by atoms with Crippen LogP contribution in [-0.4, -0.2) is 31.1 Å². The van der Waals surface area contributed by atoms with Gasteiger partial charge in [0.05, 0.1) is 0 Å². The maximum atomic E-state index is 2.63. The van der Waals surface area contributed by atoms with Crippen molar-refractivity contribution in [1.29, 1.82) is 0 Å². The minimum absolute atomic E-state index is 0.842. The summed E-state index contributed by atoms with van der Waals surface area (Å²) < 4.78 is 0. The van der Waals surface area contributed by atoms with Crippen LogP contribution in [0.25, 0.3) is 0 Å². The molecule has 4 rings (SSSR count). The third-order valence-electron chi connectivity index (χ3n) is 4.93. The van der Waals surface area contributed by atoms with Crippen LogP contribution in [0.5, 0.6) is 0 Å². The molecule has 2 heteroatoms. The molecule has 0 aromatic heterocycles. The predicted molar refractivity (Wildman–Crippen MR) is 87.4 cm³/mol. The molecule has 2 aliphatic rings. The average molecular weight is 278 g/mol. The second kappa shape index (κ2) is 5.53. The van der Waals surface area contributed by atoms with Gasteiger partial charge in [-0.2, -0.15) is 0 Å². The van der Waals surface area contributed by atoms with E-state index in [2.05, 4.69) is 70.5 Å². The fraction of sp³-hybridized carbons (Fsp3) is 0.368. The summed E-state index contributed by atoms with van der Waals surface area (Å²) in [6, 6.07) is 21.7. The Balaban J connectivity index is 1.37. The smallest absolute Gasteiger partial charge is 0.0366 e. The van der Waals surface area contributed by atoms with Gasteiger partial charge in [0.2, 0.25) is 0 Å². The minimum atomic E-state index is 0.842. The summed E-state index contributed by atoms with van der Waals surface area (Å²) in [5.41, 5.74) is 2.83. The van der Waals surface area contributed by atoms with Gasteiger partial charge in [-0.25, -0.2) is 0 Å². The van der Waals surface area contributed by atoms with Crippen molar-refractivity contribution in [1.82, 2.24) is 4.90 Å². The molecule has 108 valence electrons. The van der Waals surface area contributed by atoms with E-state index in [9.17, 15) is 0 Å². The molecule has 2 aromatic carbocycles. The van der Waals surface area contributed by atoms with Gasteiger partial charge in [0, 0.05) is 38.4 Å². The Hall–Kier alpha value is -1.80. The standard InChI is InChI=1S/C19H22N2/c1-3-7-16(8-4-1)11-20-12-17-14-21(15-18(17)13-20)19-9-5-2-6-10-19/h1-10,17-18H,11-15H2. The number of anilines is 1. The van der Waals surface area contributed by atoms with E-state index in [4.69, 9.17) is 0 Å². The molecule has 2 fully saturated rings. The highest BCUT2D eigenvalue weighted by Gasteiger charge is 2.39. The first-order chi connectivity index (χ1) is 10.4. The van der Waals surface area contributed by atoms with Crippen LogP contribution in [-0.2, 0) is 6.54 Å². The first kappa shape index (κ1) is 12.9. The van der Waals surface area contributed by atoms with E-state index in [0.29, 0.717) is 0 Å². The van der Waals surface area contributed by atoms with E-state index in [-0.39, 0.29) is 0 Å². The first-order valence-corrected chi connectivity index (χ1v) is 7.95. The lowest BCUT2D eigenvalue weighted by molar-refractivity contribution is 0.309. The summed E-state index contributed by atoms with van der Waals surface area (Å²) in [6.45, 7) is 6.06. The molecule has 21 heavy (non-hydrogen) atoms. The van der Waals surface area contributed by atoms with Crippen LogP contribution in [0.15, 0.2) is 60.7 Å². The zero-order chi connectivity index (χ0) is 14.1. The molecule has 2 atom stereocenters. The lowest BCUT2D eigenvalue weighted by atomic mass is 10.0.